The van der Waals surface area contributed by atoms with E-state index in [1.807, 2.05) is 18.2 Å². The van der Waals surface area contributed by atoms with Gasteiger partial charge in [-0.15, -0.1) is 0 Å². The van der Waals surface area contributed by atoms with Crippen molar-refractivity contribution in [1.82, 2.24) is 0 Å². The first-order chi connectivity index (χ1) is 4.86. The summed E-state index contributed by atoms with van der Waals surface area (Å²) in [5.41, 5.74) is 9.06. The highest BCUT2D eigenvalue weighted by molar-refractivity contribution is 5.49. The van der Waals surface area contributed by atoms with Crippen LogP contribution in [-0.2, 0) is 6.42 Å². The number of nitrogens with two attached hydrogens (primary N) is 1. The first kappa shape index (κ1) is 5.78. The van der Waals surface area contributed by atoms with Crippen molar-refractivity contribution >= 4 is 5.69 Å². The second kappa shape index (κ2) is 2.01. The van der Waals surface area contributed by atoms with Crippen LogP contribution in [0.4, 0.5) is 5.69 Å². The largest absolute Gasteiger partial charge is 0.399 e. The second-order valence-electron chi connectivity index (χ2n) is 2.59. The Labute approximate surface area is 60.9 Å². The molecule has 0 spiro atoms. The fraction of sp³-hybridized carbons (Fsp3) is 0.222. The number of anilines is 1. The van der Waals surface area contributed by atoms with Gasteiger partial charge >= 0.3 is 0 Å². The molecule has 0 saturated carbocycles. The van der Waals surface area contributed by atoms with Gasteiger partial charge < -0.3 is 5.73 Å². The topological polar surface area (TPSA) is 26.0 Å². The summed E-state index contributed by atoms with van der Waals surface area (Å²) in [6.07, 6.45) is 5.44. The van der Waals surface area contributed by atoms with Crippen LogP contribution in [0.25, 0.3) is 0 Å². The molecule has 0 bridgehead atoms. The van der Waals surface area contributed by atoms with Crippen molar-refractivity contribution in [2.75, 3.05) is 5.73 Å². The molecule has 1 aromatic carbocycles. The van der Waals surface area contributed by atoms with Crippen LogP contribution in [-0.4, -0.2) is 0 Å². The second-order valence-corrected chi connectivity index (χ2v) is 2.59. The van der Waals surface area contributed by atoms with E-state index < -0.39 is 0 Å². The van der Waals surface area contributed by atoms with Crippen LogP contribution in [0.1, 0.15) is 17.5 Å². The van der Waals surface area contributed by atoms with Crippen molar-refractivity contribution < 1.29 is 0 Å². The van der Waals surface area contributed by atoms with Crippen molar-refractivity contribution in [3.63, 3.8) is 0 Å². The Morgan fingerprint density at radius 1 is 1.40 bits per heavy atom. The van der Waals surface area contributed by atoms with Gasteiger partial charge in [-0.05, 0) is 36.1 Å². The molecule has 50 valence electrons. The highest BCUT2D eigenvalue weighted by Crippen LogP contribution is 2.24. The van der Waals surface area contributed by atoms with E-state index in [9.17, 15) is 0 Å². The number of benzene rings is 1. The molecule has 10 heavy (non-hydrogen) atoms. The van der Waals surface area contributed by atoms with Gasteiger partial charge in [-0.2, -0.15) is 0 Å². The molecule has 0 heterocycles. The van der Waals surface area contributed by atoms with E-state index in [1.54, 1.807) is 0 Å². The Bertz CT molecular complexity index is 253. The highest BCUT2D eigenvalue weighted by Gasteiger charge is 2.09. The van der Waals surface area contributed by atoms with Gasteiger partial charge in [0, 0.05) is 12.1 Å². The summed E-state index contributed by atoms with van der Waals surface area (Å²) in [7, 11) is 0. The average molecular weight is 131 g/mol. The molecule has 0 aromatic heterocycles. The van der Waals surface area contributed by atoms with Gasteiger partial charge in [0.1, 0.15) is 0 Å². The van der Waals surface area contributed by atoms with Crippen LogP contribution in [0.5, 0.6) is 0 Å². The van der Waals surface area contributed by atoms with Crippen LogP contribution in [0, 0.1) is 6.42 Å². The summed E-state index contributed by atoms with van der Waals surface area (Å²) in [6.45, 7) is 0. The minimum absolute atomic E-state index is 0.863. The van der Waals surface area contributed by atoms with E-state index in [2.05, 4.69) is 6.42 Å². The molecule has 1 aromatic rings. The molecule has 1 aliphatic rings. The Kier molecular flexibility index (Phi) is 1.16. The van der Waals surface area contributed by atoms with Crippen molar-refractivity contribution in [3.05, 3.63) is 35.7 Å². The molecule has 0 saturated heterocycles. The maximum absolute atomic E-state index is 5.60. The monoisotopic (exact) mass is 131 g/mol. The molecule has 0 atom stereocenters. The SMILES string of the molecule is Nc1ccc2c(c1)CC[C]2. The van der Waals surface area contributed by atoms with Gasteiger partial charge in [0.2, 0.25) is 0 Å². The van der Waals surface area contributed by atoms with E-state index in [1.165, 1.54) is 11.1 Å². The predicted molar refractivity (Wildman–Crippen MR) is 41.5 cm³/mol. The molecule has 2 rings (SSSR count). The number of rotatable bonds is 0. The molecule has 2 radical (unpaired) electrons. The Balaban J connectivity index is 2.52. The van der Waals surface area contributed by atoms with E-state index in [4.69, 9.17) is 5.73 Å². The van der Waals surface area contributed by atoms with Gasteiger partial charge in [-0.1, -0.05) is 6.07 Å². The normalized spacial score (nSPS) is 15.2. The highest BCUT2D eigenvalue weighted by atomic mass is 14.5. The van der Waals surface area contributed by atoms with Crippen molar-refractivity contribution in [3.8, 4) is 0 Å². The molecule has 1 nitrogen and oxygen atoms in total. The maximum Gasteiger partial charge on any atom is 0.0316 e. The zero-order valence-corrected chi connectivity index (χ0v) is 5.72. The lowest BCUT2D eigenvalue weighted by molar-refractivity contribution is 1.03. The summed E-state index contributed by atoms with van der Waals surface area (Å²) >= 11 is 0. The molecular weight excluding hydrogens is 122 g/mol. The number of hydrogen-bond donors (Lipinski definition) is 1. The minimum Gasteiger partial charge on any atom is -0.399 e. The van der Waals surface area contributed by atoms with E-state index in [-0.39, 0.29) is 0 Å². The third kappa shape index (κ3) is 0.783. The van der Waals surface area contributed by atoms with Gasteiger partial charge in [0.15, 0.2) is 0 Å². The fourth-order valence-electron chi connectivity index (χ4n) is 1.32. The summed E-state index contributed by atoms with van der Waals surface area (Å²) in [6, 6.07) is 6.00. The summed E-state index contributed by atoms with van der Waals surface area (Å²) in [5.74, 6) is 0. The lowest BCUT2D eigenvalue weighted by Crippen LogP contribution is -1.87. The van der Waals surface area contributed by atoms with Crippen LogP contribution in [0.15, 0.2) is 18.2 Å². The molecule has 1 heteroatoms. The molecule has 2 N–H and O–H groups in total. The molecule has 1 aliphatic carbocycles. The third-order valence-electron chi connectivity index (χ3n) is 1.84. The molecule has 0 amide bonds. The predicted octanol–water partition coefficient (Wildman–Crippen LogP) is 1.64. The standard InChI is InChI=1S/C9H9N/c10-9-5-4-7-2-1-3-8(7)6-9/h4-6H,1,3,10H2. The van der Waals surface area contributed by atoms with E-state index >= 15 is 0 Å². The smallest absolute Gasteiger partial charge is 0.0316 e. The number of hydrogen-bond acceptors (Lipinski definition) is 1. The summed E-state index contributed by atoms with van der Waals surface area (Å²) < 4.78 is 0. The lowest BCUT2D eigenvalue weighted by Gasteiger charge is -1.97. The molecule has 0 fully saturated rings. The summed E-state index contributed by atoms with van der Waals surface area (Å²) in [4.78, 5) is 0. The van der Waals surface area contributed by atoms with Gasteiger partial charge in [-0.25, -0.2) is 0 Å². The van der Waals surface area contributed by atoms with Crippen molar-refractivity contribution in [2.45, 2.75) is 12.8 Å². The van der Waals surface area contributed by atoms with Crippen LogP contribution < -0.4 is 5.73 Å². The van der Waals surface area contributed by atoms with Crippen LogP contribution >= 0.6 is 0 Å². The summed E-state index contributed by atoms with van der Waals surface area (Å²) in [5, 5.41) is 0. The maximum atomic E-state index is 5.60. The van der Waals surface area contributed by atoms with Gasteiger partial charge in [0.25, 0.3) is 0 Å². The van der Waals surface area contributed by atoms with Gasteiger partial charge in [-0.3, -0.25) is 0 Å². The average Bonchev–Trinajstić information content (AvgIpc) is 2.33. The Hall–Kier alpha value is -0.980. The Morgan fingerprint density at radius 3 is 3.20 bits per heavy atom. The lowest BCUT2D eigenvalue weighted by atomic mass is 10.1. The minimum atomic E-state index is 0.863. The zero-order valence-electron chi connectivity index (χ0n) is 5.72. The first-order valence-electron chi connectivity index (χ1n) is 3.48. The van der Waals surface area contributed by atoms with Crippen molar-refractivity contribution in [1.29, 1.82) is 0 Å². The number of nitrogen functional groups attached to an aromatic ring is 1. The molecule has 0 aliphatic heterocycles. The first-order valence-corrected chi connectivity index (χ1v) is 3.48. The van der Waals surface area contributed by atoms with Gasteiger partial charge in [0.05, 0.1) is 0 Å². The quantitative estimate of drug-likeness (QED) is 0.532. The van der Waals surface area contributed by atoms with Crippen molar-refractivity contribution in [2.24, 2.45) is 0 Å². The van der Waals surface area contributed by atoms with Crippen LogP contribution in [0.2, 0.25) is 0 Å². The molecule has 0 unspecified atom stereocenters. The van der Waals surface area contributed by atoms with E-state index in [0.29, 0.717) is 0 Å². The number of aryl methyl sites for hydroxylation is 1. The molecular formula is C9H9N. The van der Waals surface area contributed by atoms with E-state index in [0.717, 1.165) is 18.5 Å². The Morgan fingerprint density at radius 2 is 2.30 bits per heavy atom. The van der Waals surface area contributed by atoms with Crippen LogP contribution in [0.3, 0.4) is 0 Å². The third-order valence-corrected chi connectivity index (χ3v) is 1.84. The fourth-order valence-corrected chi connectivity index (χ4v) is 1.32. The number of fused-ring (bicyclic) bond motifs is 1. The zero-order chi connectivity index (χ0) is 6.97.